The minimum atomic E-state index is -0.862. The van der Waals surface area contributed by atoms with Gasteiger partial charge in [0.2, 0.25) is 0 Å². The predicted molar refractivity (Wildman–Crippen MR) is 77.7 cm³/mol. The number of halogens is 2. The maximum absolute atomic E-state index is 10.5. The van der Waals surface area contributed by atoms with Crippen LogP contribution >= 0.6 is 27.5 Å². The van der Waals surface area contributed by atoms with Crippen LogP contribution in [-0.2, 0) is 6.54 Å². The van der Waals surface area contributed by atoms with Crippen molar-refractivity contribution < 1.29 is 9.84 Å². The van der Waals surface area contributed by atoms with E-state index in [2.05, 4.69) is 21.0 Å². The number of hydrogen-bond acceptors (Lipinski definition) is 3. The van der Waals surface area contributed by atoms with Gasteiger partial charge in [-0.25, -0.2) is 0 Å². The Labute approximate surface area is 125 Å². The van der Waals surface area contributed by atoms with E-state index >= 15 is 0 Å². The van der Waals surface area contributed by atoms with Crippen molar-refractivity contribution in [1.29, 1.82) is 0 Å². The van der Waals surface area contributed by atoms with E-state index in [1.54, 1.807) is 17.9 Å². The molecule has 1 heterocycles. The molecule has 0 amide bonds. The number of aliphatic hydroxyl groups is 1. The first-order chi connectivity index (χ1) is 9.08. The highest BCUT2D eigenvalue weighted by atomic mass is 79.9. The number of aliphatic hydroxyl groups excluding tert-OH is 1. The largest absolute Gasteiger partial charge is 0.497 e. The van der Waals surface area contributed by atoms with Gasteiger partial charge in [-0.05, 0) is 25.1 Å². The van der Waals surface area contributed by atoms with Gasteiger partial charge in [-0.3, -0.25) is 4.68 Å². The van der Waals surface area contributed by atoms with Gasteiger partial charge >= 0.3 is 0 Å². The van der Waals surface area contributed by atoms with Crippen LogP contribution in [0.2, 0.25) is 5.02 Å². The van der Waals surface area contributed by atoms with Crippen LogP contribution in [0.4, 0.5) is 0 Å². The monoisotopic (exact) mass is 344 g/mol. The minimum absolute atomic E-state index is 0.448. The van der Waals surface area contributed by atoms with E-state index in [-0.39, 0.29) is 0 Å². The Kier molecular flexibility index (Phi) is 4.50. The van der Waals surface area contributed by atoms with E-state index in [1.165, 1.54) is 6.20 Å². The zero-order valence-corrected chi connectivity index (χ0v) is 12.9. The van der Waals surface area contributed by atoms with E-state index in [0.29, 0.717) is 28.6 Å². The molecule has 1 unspecified atom stereocenters. The number of hydrogen-bond donors (Lipinski definition) is 1. The lowest BCUT2D eigenvalue weighted by Crippen LogP contribution is -2.10. The van der Waals surface area contributed by atoms with Gasteiger partial charge < -0.3 is 9.84 Å². The summed E-state index contributed by atoms with van der Waals surface area (Å²) in [4.78, 5) is 0. The number of rotatable bonds is 4. The van der Waals surface area contributed by atoms with Gasteiger partial charge in [0, 0.05) is 16.6 Å². The van der Waals surface area contributed by atoms with Crippen LogP contribution in [0.3, 0.4) is 0 Å². The first-order valence-electron chi connectivity index (χ1n) is 5.81. The van der Waals surface area contributed by atoms with Crippen LogP contribution in [0.15, 0.2) is 28.9 Å². The van der Waals surface area contributed by atoms with E-state index in [4.69, 9.17) is 16.3 Å². The average Bonchev–Trinajstić information content (AvgIpc) is 2.79. The molecule has 1 atom stereocenters. The van der Waals surface area contributed by atoms with Crippen molar-refractivity contribution >= 4 is 27.5 Å². The van der Waals surface area contributed by atoms with E-state index in [0.717, 1.165) is 4.47 Å². The molecule has 2 rings (SSSR count). The summed E-state index contributed by atoms with van der Waals surface area (Å²) in [6.07, 6.45) is 0.678. The fraction of sp³-hybridized carbons (Fsp3) is 0.308. The van der Waals surface area contributed by atoms with Crippen LogP contribution in [0.25, 0.3) is 0 Å². The fourth-order valence-corrected chi connectivity index (χ4v) is 2.61. The Hall–Kier alpha value is -1.04. The van der Waals surface area contributed by atoms with Gasteiger partial charge in [0.25, 0.3) is 0 Å². The van der Waals surface area contributed by atoms with Crippen molar-refractivity contribution in [2.75, 3.05) is 7.11 Å². The molecule has 0 bridgehead atoms. The lowest BCUT2D eigenvalue weighted by atomic mass is 10.1. The highest BCUT2D eigenvalue weighted by Gasteiger charge is 2.21. The molecule has 2 aromatic rings. The van der Waals surface area contributed by atoms with E-state index in [9.17, 15) is 5.11 Å². The number of aryl methyl sites for hydroxylation is 1. The number of ether oxygens (including phenoxy) is 1. The Morgan fingerprint density at radius 3 is 2.89 bits per heavy atom. The summed E-state index contributed by atoms with van der Waals surface area (Å²) < 4.78 is 7.65. The van der Waals surface area contributed by atoms with Crippen LogP contribution in [0, 0.1) is 0 Å². The molecule has 0 spiro atoms. The highest BCUT2D eigenvalue weighted by Crippen LogP contribution is 2.34. The van der Waals surface area contributed by atoms with Gasteiger partial charge in [0.05, 0.1) is 24.0 Å². The zero-order chi connectivity index (χ0) is 14.0. The number of benzene rings is 1. The van der Waals surface area contributed by atoms with Crippen LogP contribution < -0.4 is 4.74 Å². The molecule has 0 saturated carbocycles. The van der Waals surface area contributed by atoms with E-state index in [1.807, 2.05) is 19.1 Å². The Balaban J connectivity index is 2.49. The SMILES string of the molecule is CCn1ncc(Cl)c1C(O)c1cc(OC)ccc1Br. The Morgan fingerprint density at radius 1 is 1.53 bits per heavy atom. The average molecular weight is 346 g/mol. The molecule has 0 aliphatic carbocycles. The van der Waals surface area contributed by atoms with Crippen LogP contribution in [0.5, 0.6) is 5.75 Å². The quantitative estimate of drug-likeness (QED) is 0.924. The van der Waals surface area contributed by atoms with Crippen molar-refractivity contribution in [1.82, 2.24) is 9.78 Å². The third kappa shape index (κ3) is 2.78. The molecule has 0 radical (unpaired) electrons. The van der Waals surface area contributed by atoms with Crippen molar-refractivity contribution in [2.45, 2.75) is 19.6 Å². The lowest BCUT2D eigenvalue weighted by Gasteiger charge is -2.16. The summed E-state index contributed by atoms with van der Waals surface area (Å²) >= 11 is 9.53. The van der Waals surface area contributed by atoms with Gasteiger partial charge in [0.1, 0.15) is 11.9 Å². The molecule has 0 aliphatic rings. The second-order valence-electron chi connectivity index (χ2n) is 3.98. The fourth-order valence-electron chi connectivity index (χ4n) is 1.90. The number of nitrogens with zero attached hydrogens (tertiary/aromatic N) is 2. The van der Waals surface area contributed by atoms with Crippen molar-refractivity contribution in [3.05, 3.63) is 45.1 Å². The van der Waals surface area contributed by atoms with Gasteiger partial charge in [-0.1, -0.05) is 27.5 Å². The summed E-state index contributed by atoms with van der Waals surface area (Å²) in [7, 11) is 1.59. The second-order valence-corrected chi connectivity index (χ2v) is 5.25. The van der Waals surface area contributed by atoms with Crippen molar-refractivity contribution in [3.63, 3.8) is 0 Å². The topological polar surface area (TPSA) is 47.3 Å². The molecule has 0 fully saturated rings. The predicted octanol–water partition coefficient (Wildman–Crippen LogP) is 3.41. The van der Waals surface area contributed by atoms with Gasteiger partial charge in [-0.15, -0.1) is 0 Å². The maximum atomic E-state index is 10.5. The first kappa shape index (κ1) is 14.4. The molecular formula is C13H14BrClN2O2. The summed E-state index contributed by atoms with van der Waals surface area (Å²) in [6, 6.07) is 5.43. The summed E-state index contributed by atoms with van der Waals surface area (Å²) in [5.41, 5.74) is 1.27. The summed E-state index contributed by atoms with van der Waals surface area (Å²) in [5, 5.41) is 15.1. The van der Waals surface area contributed by atoms with Crippen molar-refractivity contribution in [2.24, 2.45) is 0 Å². The molecular weight excluding hydrogens is 332 g/mol. The maximum Gasteiger partial charge on any atom is 0.123 e. The van der Waals surface area contributed by atoms with Crippen molar-refractivity contribution in [3.8, 4) is 5.75 Å². The lowest BCUT2D eigenvalue weighted by molar-refractivity contribution is 0.207. The highest BCUT2D eigenvalue weighted by molar-refractivity contribution is 9.10. The molecule has 6 heteroatoms. The van der Waals surface area contributed by atoms with Gasteiger partial charge in [-0.2, -0.15) is 5.10 Å². The van der Waals surface area contributed by atoms with Crippen LogP contribution in [0.1, 0.15) is 24.3 Å². The molecule has 4 nitrogen and oxygen atoms in total. The third-order valence-corrected chi connectivity index (χ3v) is 3.90. The normalized spacial score (nSPS) is 12.5. The molecule has 0 aliphatic heterocycles. The first-order valence-corrected chi connectivity index (χ1v) is 6.98. The van der Waals surface area contributed by atoms with Gasteiger partial charge in [0.15, 0.2) is 0 Å². The Morgan fingerprint density at radius 2 is 2.26 bits per heavy atom. The third-order valence-electron chi connectivity index (χ3n) is 2.89. The molecule has 0 saturated heterocycles. The minimum Gasteiger partial charge on any atom is -0.497 e. The molecule has 1 aromatic carbocycles. The second kappa shape index (κ2) is 5.94. The standard InChI is InChI=1S/C13H14BrClN2O2/c1-3-17-12(11(15)7-16-17)13(18)9-6-8(19-2)4-5-10(9)14/h4-7,13,18H,3H2,1-2H3. The molecule has 1 N–H and O–H groups in total. The smallest absolute Gasteiger partial charge is 0.123 e. The Bertz CT molecular complexity index is 586. The van der Waals surface area contributed by atoms with E-state index < -0.39 is 6.10 Å². The number of aromatic nitrogens is 2. The molecule has 102 valence electrons. The summed E-state index contributed by atoms with van der Waals surface area (Å²) in [5.74, 6) is 0.677. The molecule has 19 heavy (non-hydrogen) atoms. The summed E-state index contributed by atoms with van der Waals surface area (Å²) in [6.45, 7) is 2.58. The van der Waals surface area contributed by atoms with Crippen LogP contribution in [-0.4, -0.2) is 22.0 Å². The zero-order valence-electron chi connectivity index (χ0n) is 10.6. The molecule has 1 aromatic heterocycles. The number of methoxy groups -OCH3 is 1.